The number of aliphatic hydroxyl groups excluding tert-OH is 1. The van der Waals surface area contributed by atoms with Crippen molar-refractivity contribution >= 4 is 27.8 Å². The molecule has 1 atom stereocenters. The normalized spacial score (nSPS) is 12.1. The zero-order valence-electron chi connectivity index (χ0n) is 17.1. The van der Waals surface area contributed by atoms with Crippen LogP contribution in [0, 0.1) is 0 Å². The Kier molecular flexibility index (Phi) is 5.29. The Hall–Kier alpha value is -2.72. The summed E-state index contributed by atoms with van der Waals surface area (Å²) in [5.74, 6) is 0. The van der Waals surface area contributed by atoms with Gasteiger partial charge >= 0.3 is 0 Å². The molecule has 3 aromatic rings. The largest absolute Gasteiger partial charge is 0.383 e. The first-order chi connectivity index (χ1) is 12.8. The predicted molar refractivity (Wildman–Crippen MR) is 117 cm³/mol. The fraction of sp³-hybridized carbons (Fsp3) is 0.304. The van der Waals surface area contributed by atoms with E-state index in [0.717, 1.165) is 33.6 Å². The molecule has 0 saturated heterocycles. The van der Waals surface area contributed by atoms with Gasteiger partial charge in [0, 0.05) is 70.2 Å². The van der Waals surface area contributed by atoms with E-state index in [9.17, 15) is 5.11 Å². The number of hydrogen-bond acceptors (Lipinski definition) is 4. The van der Waals surface area contributed by atoms with Crippen LogP contribution in [0.1, 0.15) is 17.2 Å². The van der Waals surface area contributed by atoms with Gasteiger partial charge in [0.05, 0.1) is 5.69 Å². The van der Waals surface area contributed by atoms with E-state index < -0.39 is 6.10 Å². The van der Waals surface area contributed by atoms with Crippen molar-refractivity contribution in [1.29, 1.82) is 0 Å². The third-order valence-corrected chi connectivity index (χ3v) is 4.96. The summed E-state index contributed by atoms with van der Waals surface area (Å²) >= 11 is 0. The Labute approximate surface area is 162 Å². The van der Waals surface area contributed by atoms with Gasteiger partial charge < -0.3 is 19.8 Å². The van der Waals surface area contributed by atoms with Crippen molar-refractivity contribution in [2.24, 2.45) is 0 Å². The fourth-order valence-electron chi connectivity index (χ4n) is 3.73. The lowest BCUT2D eigenvalue weighted by molar-refractivity contribution is 0.221. The first kappa shape index (κ1) is 19.1. The molecule has 27 heavy (non-hydrogen) atoms. The number of anilines is 3. The highest BCUT2D eigenvalue weighted by Crippen LogP contribution is 2.41. The second-order valence-electron chi connectivity index (χ2n) is 7.52. The number of aliphatic hydroxyl groups is 1. The predicted octanol–water partition coefficient (Wildman–Crippen LogP) is 4.12. The molecule has 0 amide bonds. The first-order valence-corrected chi connectivity index (χ1v) is 9.17. The maximum absolute atomic E-state index is 11.4. The number of hydrogen-bond donors (Lipinski definition) is 1. The van der Waals surface area contributed by atoms with Crippen molar-refractivity contribution in [3.8, 4) is 0 Å². The van der Waals surface area contributed by atoms with Gasteiger partial charge in [0.15, 0.2) is 0 Å². The van der Waals surface area contributed by atoms with E-state index in [1.54, 1.807) is 0 Å². The third kappa shape index (κ3) is 3.45. The van der Waals surface area contributed by atoms with Crippen molar-refractivity contribution < 1.29 is 5.11 Å². The van der Waals surface area contributed by atoms with Crippen LogP contribution < -0.4 is 14.7 Å². The molecule has 0 aliphatic heterocycles. The molecular formula is C23H29N3O. The lowest BCUT2D eigenvalue weighted by atomic mass is 9.93. The minimum absolute atomic E-state index is 0.708. The molecular weight excluding hydrogens is 334 g/mol. The molecule has 4 heteroatoms. The molecule has 0 fully saturated rings. The van der Waals surface area contributed by atoms with Crippen molar-refractivity contribution in [2.45, 2.75) is 6.10 Å². The van der Waals surface area contributed by atoms with Crippen LogP contribution in [-0.4, -0.2) is 47.4 Å². The van der Waals surface area contributed by atoms with Crippen molar-refractivity contribution in [3.05, 3.63) is 65.7 Å². The van der Waals surface area contributed by atoms with Gasteiger partial charge in [-0.15, -0.1) is 0 Å². The Morgan fingerprint density at radius 1 is 0.630 bits per heavy atom. The van der Waals surface area contributed by atoms with E-state index in [4.69, 9.17) is 0 Å². The zero-order valence-corrected chi connectivity index (χ0v) is 17.1. The number of nitrogens with zero attached hydrogens (tertiary/aromatic N) is 3. The molecule has 3 aromatic carbocycles. The van der Waals surface area contributed by atoms with Crippen molar-refractivity contribution in [2.75, 3.05) is 57.0 Å². The summed E-state index contributed by atoms with van der Waals surface area (Å²) < 4.78 is 0. The summed E-state index contributed by atoms with van der Waals surface area (Å²) in [6.07, 6.45) is -0.708. The van der Waals surface area contributed by atoms with Crippen LogP contribution in [-0.2, 0) is 0 Å². The van der Waals surface area contributed by atoms with E-state index in [2.05, 4.69) is 48.2 Å². The highest BCUT2D eigenvalue weighted by molar-refractivity contribution is 6.05. The molecule has 1 N–H and O–H groups in total. The van der Waals surface area contributed by atoms with Gasteiger partial charge in [0.25, 0.3) is 0 Å². The van der Waals surface area contributed by atoms with Crippen LogP contribution in [0.4, 0.5) is 17.1 Å². The fourth-order valence-corrected chi connectivity index (χ4v) is 3.73. The van der Waals surface area contributed by atoms with Gasteiger partial charge in [-0.3, -0.25) is 0 Å². The van der Waals surface area contributed by atoms with Crippen LogP contribution in [0.3, 0.4) is 0 Å². The number of benzene rings is 3. The summed E-state index contributed by atoms with van der Waals surface area (Å²) in [6, 6.07) is 18.5. The lowest BCUT2D eigenvalue weighted by Crippen LogP contribution is -2.18. The first-order valence-electron chi connectivity index (χ1n) is 9.17. The Balaban J connectivity index is 2.29. The monoisotopic (exact) mass is 363 g/mol. The molecule has 0 aliphatic rings. The van der Waals surface area contributed by atoms with Crippen LogP contribution in [0.25, 0.3) is 10.8 Å². The topological polar surface area (TPSA) is 30.0 Å². The molecule has 0 bridgehead atoms. The summed E-state index contributed by atoms with van der Waals surface area (Å²) in [5.41, 5.74) is 5.04. The Morgan fingerprint density at radius 3 is 1.89 bits per heavy atom. The van der Waals surface area contributed by atoms with Gasteiger partial charge in [-0.2, -0.15) is 0 Å². The number of para-hydroxylation sites is 1. The molecule has 0 spiro atoms. The molecule has 142 valence electrons. The minimum Gasteiger partial charge on any atom is -0.383 e. The van der Waals surface area contributed by atoms with E-state index >= 15 is 0 Å². The van der Waals surface area contributed by atoms with E-state index in [0.29, 0.717) is 0 Å². The van der Waals surface area contributed by atoms with Gasteiger partial charge in [-0.1, -0.05) is 42.5 Å². The maximum atomic E-state index is 11.4. The highest BCUT2D eigenvalue weighted by atomic mass is 16.3. The molecule has 0 radical (unpaired) electrons. The Morgan fingerprint density at radius 2 is 1.26 bits per heavy atom. The third-order valence-electron chi connectivity index (χ3n) is 4.96. The van der Waals surface area contributed by atoms with Gasteiger partial charge in [0.1, 0.15) is 6.10 Å². The van der Waals surface area contributed by atoms with E-state index in [-0.39, 0.29) is 0 Å². The molecule has 4 nitrogen and oxygen atoms in total. The van der Waals surface area contributed by atoms with Crippen LogP contribution in [0.5, 0.6) is 0 Å². The summed E-state index contributed by atoms with van der Waals surface area (Å²) in [6.45, 7) is 0. The minimum atomic E-state index is -0.708. The Bertz CT molecular complexity index is 948. The number of fused-ring (bicyclic) bond motifs is 1. The maximum Gasteiger partial charge on any atom is 0.108 e. The SMILES string of the molecule is CN(C)c1ccccc1C(O)c1ccc2cccc(N(C)C)c2c1N(C)C. The van der Waals surface area contributed by atoms with Crippen molar-refractivity contribution in [1.82, 2.24) is 0 Å². The lowest BCUT2D eigenvalue weighted by Gasteiger charge is -2.28. The average Bonchev–Trinajstić information content (AvgIpc) is 2.65. The molecule has 0 aromatic heterocycles. The molecule has 3 rings (SSSR count). The van der Waals surface area contributed by atoms with E-state index in [1.165, 1.54) is 5.39 Å². The molecule has 1 unspecified atom stereocenters. The standard InChI is InChI=1S/C23H29N3O/c1-24(2)19-12-8-7-11-17(19)23(27)18-15-14-16-10-9-13-20(25(3)4)21(16)22(18)26(5)6/h7-15,23,27H,1-6H3. The molecule has 0 heterocycles. The molecule has 0 aliphatic carbocycles. The van der Waals surface area contributed by atoms with Crippen LogP contribution >= 0.6 is 0 Å². The van der Waals surface area contributed by atoms with Crippen molar-refractivity contribution in [3.63, 3.8) is 0 Å². The van der Waals surface area contributed by atoms with E-state index in [1.807, 2.05) is 63.4 Å². The van der Waals surface area contributed by atoms with Crippen LogP contribution in [0.15, 0.2) is 54.6 Å². The zero-order chi connectivity index (χ0) is 19.7. The van der Waals surface area contributed by atoms with Crippen LogP contribution in [0.2, 0.25) is 0 Å². The van der Waals surface area contributed by atoms with Gasteiger partial charge in [-0.05, 0) is 17.5 Å². The summed E-state index contributed by atoms with van der Waals surface area (Å²) in [5, 5.41) is 13.7. The van der Waals surface area contributed by atoms with Gasteiger partial charge in [-0.25, -0.2) is 0 Å². The second-order valence-corrected chi connectivity index (χ2v) is 7.52. The second kappa shape index (κ2) is 7.49. The summed E-state index contributed by atoms with van der Waals surface area (Å²) in [4.78, 5) is 6.27. The molecule has 0 saturated carbocycles. The number of rotatable bonds is 5. The average molecular weight is 364 g/mol. The summed E-state index contributed by atoms with van der Waals surface area (Å²) in [7, 11) is 12.2. The quantitative estimate of drug-likeness (QED) is 0.739. The highest BCUT2D eigenvalue weighted by Gasteiger charge is 2.22. The smallest absolute Gasteiger partial charge is 0.108 e. The van der Waals surface area contributed by atoms with Gasteiger partial charge in [0.2, 0.25) is 0 Å².